The van der Waals surface area contributed by atoms with Crippen molar-refractivity contribution in [3.05, 3.63) is 29.8 Å². The highest BCUT2D eigenvalue weighted by atomic mass is 79.9. The SMILES string of the molecule is CC(C)(Br)C(=O)CC(=O)Nc1ccc(F)c(F)c1. The Hall–Kier alpha value is -1.30. The van der Waals surface area contributed by atoms with Gasteiger partial charge in [-0.1, -0.05) is 15.9 Å². The molecule has 0 aliphatic carbocycles. The van der Waals surface area contributed by atoms with E-state index in [2.05, 4.69) is 21.2 Å². The van der Waals surface area contributed by atoms with Gasteiger partial charge in [-0.25, -0.2) is 8.78 Å². The fourth-order valence-electron chi connectivity index (χ4n) is 1.14. The second kappa shape index (κ2) is 5.56. The van der Waals surface area contributed by atoms with Gasteiger partial charge in [0.15, 0.2) is 17.4 Å². The van der Waals surface area contributed by atoms with Crippen LogP contribution in [0.4, 0.5) is 14.5 Å². The van der Waals surface area contributed by atoms with Crippen molar-refractivity contribution in [2.45, 2.75) is 24.6 Å². The Balaban J connectivity index is 2.65. The summed E-state index contributed by atoms with van der Waals surface area (Å²) in [5.74, 6) is -2.92. The zero-order valence-electron chi connectivity index (χ0n) is 9.89. The van der Waals surface area contributed by atoms with Crippen molar-refractivity contribution in [3.63, 3.8) is 0 Å². The van der Waals surface area contributed by atoms with Crippen LogP contribution in [0.5, 0.6) is 0 Å². The quantitative estimate of drug-likeness (QED) is 0.685. The second-order valence-electron chi connectivity index (χ2n) is 4.25. The first kappa shape index (κ1) is 14.8. The zero-order chi connectivity index (χ0) is 13.9. The van der Waals surface area contributed by atoms with E-state index in [1.807, 2.05) is 0 Å². The first-order chi connectivity index (χ1) is 8.20. The van der Waals surface area contributed by atoms with Gasteiger partial charge in [-0.2, -0.15) is 0 Å². The molecule has 0 bridgehead atoms. The number of Topliss-reactive ketones (excluding diaryl/α,β-unsaturated/α-hetero) is 1. The maximum atomic E-state index is 12.9. The zero-order valence-corrected chi connectivity index (χ0v) is 11.5. The lowest BCUT2D eigenvalue weighted by Gasteiger charge is -2.14. The fraction of sp³-hybridized carbons (Fsp3) is 0.333. The molecule has 18 heavy (non-hydrogen) atoms. The van der Waals surface area contributed by atoms with Gasteiger partial charge in [-0.15, -0.1) is 0 Å². The Labute approximate surface area is 112 Å². The highest BCUT2D eigenvalue weighted by Gasteiger charge is 2.25. The molecule has 0 saturated carbocycles. The van der Waals surface area contributed by atoms with Crippen LogP contribution in [0.15, 0.2) is 18.2 Å². The first-order valence-electron chi connectivity index (χ1n) is 5.17. The molecule has 0 aliphatic rings. The Morgan fingerprint density at radius 3 is 2.39 bits per heavy atom. The highest BCUT2D eigenvalue weighted by Crippen LogP contribution is 2.19. The summed E-state index contributed by atoms with van der Waals surface area (Å²) in [4.78, 5) is 23.0. The van der Waals surface area contributed by atoms with Crippen LogP contribution in [-0.4, -0.2) is 16.0 Å². The van der Waals surface area contributed by atoms with E-state index < -0.39 is 21.9 Å². The number of ketones is 1. The number of hydrogen-bond donors (Lipinski definition) is 1. The van der Waals surface area contributed by atoms with Crippen LogP contribution in [0.25, 0.3) is 0 Å². The Kier molecular flexibility index (Phi) is 4.56. The monoisotopic (exact) mass is 319 g/mol. The van der Waals surface area contributed by atoms with Gasteiger partial charge >= 0.3 is 0 Å². The summed E-state index contributed by atoms with van der Waals surface area (Å²) in [5, 5.41) is 2.33. The van der Waals surface area contributed by atoms with Crippen molar-refractivity contribution in [1.29, 1.82) is 0 Å². The molecule has 1 N–H and O–H groups in total. The van der Waals surface area contributed by atoms with Crippen LogP contribution in [0.2, 0.25) is 0 Å². The smallest absolute Gasteiger partial charge is 0.231 e. The standard InChI is InChI=1S/C12H12BrF2NO2/c1-12(2,13)10(17)6-11(18)16-7-3-4-8(14)9(15)5-7/h3-5H,6H2,1-2H3,(H,16,18). The summed E-state index contributed by atoms with van der Waals surface area (Å²) in [7, 11) is 0. The van der Waals surface area contributed by atoms with Gasteiger partial charge in [0, 0.05) is 11.8 Å². The number of rotatable bonds is 4. The van der Waals surface area contributed by atoms with Crippen molar-refractivity contribution >= 4 is 33.3 Å². The average molecular weight is 320 g/mol. The van der Waals surface area contributed by atoms with Crippen LogP contribution in [0.1, 0.15) is 20.3 Å². The number of benzene rings is 1. The largest absolute Gasteiger partial charge is 0.326 e. The molecule has 0 radical (unpaired) electrons. The lowest BCUT2D eigenvalue weighted by molar-refractivity contribution is -0.126. The maximum absolute atomic E-state index is 12.9. The minimum Gasteiger partial charge on any atom is -0.326 e. The highest BCUT2D eigenvalue weighted by molar-refractivity contribution is 9.10. The maximum Gasteiger partial charge on any atom is 0.231 e. The van der Waals surface area contributed by atoms with Crippen molar-refractivity contribution in [1.82, 2.24) is 0 Å². The molecule has 98 valence electrons. The number of anilines is 1. The molecule has 3 nitrogen and oxygen atoms in total. The fourth-order valence-corrected chi connectivity index (χ4v) is 1.28. The van der Waals surface area contributed by atoms with Crippen molar-refractivity contribution < 1.29 is 18.4 Å². The number of carbonyl (C=O) groups excluding carboxylic acids is 2. The van der Waals surface area contributed by atoms with Gasteiger partial charge in [0.1, 0.15) is 0 Å². The van der Waals surface area contributed by atoms with Crippen LogP contribution in [0.3, 0.4) is 0 Å². The van der Waals surface area contributed by atoms with E-state index in [1.165, 1.54) is 6.07 Å². The van der Waals surface area contributed by atoms with Crippen LogP contribution in [-0.2, 0) is 9.59 Å². The van der Waals surface area contributed by atoms with Crippen molar-refractivity contribution in [3.8, 4) is 0 Å². The van der Waals surface area contributed by atoms with Crippen molar-refractivity contribution in [2.24, 2.45) is 0 Å². The van der Waals surface area contributed by atoms with E-state index in [0.717, 1.165) is 12.1 Å². The molecule has 1 aromatic carbocycles. The van der Waals surface area contributed by atoms with E-state index in [9.17, 15) is 18.4 Å². The first-order valence-corrected chi connectivity index (χ1v) is 5.96. The molecule has 0 saturated heterocycles. The van der Waals surface area contributed by atoms with E-state index in [1.54, 1.807) is 13.8 Å². The molecule has 0 unspecified atom stereocenters. The van der Waals surface area contributed by atoms with Crippen molar-refractivity contribution in [2.75, 3.05) is 5.32 Å². The minimum atomic E-state index is -1.06. The summed E-state index contributed by atoms with van der Waals surface area (Å²) < 4.78 is 24.7. The van der Waals surface area contributed by atoms with Crippen LogP contribution < -0.4 is 5.32 Å². The Morgan fingerprint density at radius 2 is 1.89 bits per heavy atom. The molecule has 1 amide bonds. The molecule has 6 heteroatoms. The minimum absolute atomic E-state index is 0.110. The van der Waals surface area contributed by atoms with E-state index in [0.29, 0.717) is 0 Å². The number of alkyl halides is 1. The molecule has 0 atom stereocenters. The van der Waals surface area contributed by atoms with Gasteiger partial charge in [-0.3, -0.25) is 9.59 Å². The number of halogens is 3. The predicted molar refractivity (Wildman–Crippen MR) is 67.6 cm³/mol. The van der Waals surface area contributed by atoms with Crippen LogP contribution in [0, 0.1) is 11.6 Å². The summed E-state index contributed by atoms with van der Waals surface area (Å²) in [6, 6.07) is 2.98. The number of hydrogen-bond acceptors (Lipinski definition) is 2. The van der Waals surface area contributed by atoms with E-state index in [-0.39, 0.29) is 17.9 Å². The molecule has 0 aliphatic heterocycles. The van der Waals surface area contributed by atoms with Crippen LogP contribution >= 0.6 is 15.9 Å². The molecule has 0 fully saturated rings. The topological polar surface area (TPSA) is 46.2 Å². The van der Waals surface area contributed by atoms with Gasteiger partial charge in [0.2, 0.25) is 5.91 Å². The normalized spacial score (nSPS) is 11.2. The number of nitrogens with one attached hydrogen (secondary N) is 1. The molecular formula is C12H12BrF2NO2. The summed E-state index contributed by atoms with van der Waals surface area (Å²) >= 11 is 3.14. The van der Waals surface area contributed by atoms with Gasteiger partial charge in [0.25, 0.3) is 0 Å². The third-order valence-electron chi connectivity index (χ3n) is 2.19. The number of amides is 1. The lowest BCUT2D eigenvalue weighted by atomic mass is 10.1. The second-order valence-corrected chi connectivity index (χ2v) is 6.23. The van der Waals surface area contributed by atoms with Gasteiger partial charge in [-0.05, 0) is 26.0 Å². The molecular weight excluding hydrogens is 308 g/mol. The summed E-state index contributed by atoms with van der Waals surface area (Å²) in [5.41, 5.74) is 0.110. The molecule has 1 aromatic rings. The molecule has 1 rings (SSSR count). The number of carbonyl (C=O) groups is 2. The molecule has 0 spiro atoms. The average Bonchev–Trinajstić information content (AvgIpc) is 2.22. The lowest BCUT2D eigenvalue weighted by Crippen LogP contribution is -2.28. The van der Waals surface area contributed by atoms with E-state index in [4.69, 9.17) is 0 Å². The Bertz CT molecular complexity index is 483. The summed E-state index contributed by atoms with van der Waals surface area (Å²) in [6.45, 7) is 3.25. The van der Waals surface area contributed by atoms with Gasteiger partial charge < -0.3 is 5.32 Å². The molecule has 0 aromatic heterocycles. The third-order valence-corrected chi connectivity index (χ3v) is 2.63. The third kappa shape index (κ3) is 4.18. The Morgan fingerprint density at radius 1 is 1.28 bits per heavy atom. The predicted octanol–water partition coefficient (Wildman–Crippen LogP) is 3.04. The van der Waals surface area contributed by atoms with E-state index >= 15 is 0 Å². The summed E-state index contributed by atoms with van der Waals surface area (Å²) in [6.07, 6.45) is -0.336. The van der Waals surface area contributed by atoms with Gasteiger partial charge in [0.05, 0.1) is 10.7 Å². The molecule has 0 heterocycles.